The second-order valence-corrected chi connectivity index (χ2v) is 7.05. The van der Waals surface area contributed by atoms with Crippen molar-refractivity contribution >= 4 is 23.4 Å². The lowest BCUT2D eigenvalue weighted by molar-refractivity contribution is -0.128. The fraction of sp³-hybridized carbons (Fsp3) is 0.368. The average Bonchev–Trinajstić information content (AvgIpc) is 3.12. The molecule has 0 radical (unpaired) electrons. The second kappa shape index (κ2) is 8.02. The molecule has 1 atom stereocenters. The first-order valence-corrected chi connectivity index (χ1v) is 9.57. The number of carbonyl (C=O) groups is 1. The van der Waals surface area contributed by atoms with E-state index in [-0.39, 0.29) is 43.1 Å². The van der Waals surface area contributed by atoms with Crippen molar-refractivity contribution in [1.29, 1.82) is 0 Å². The number of carbonyl (C=O) groups excluding carboxylic acids is 1. The number of aliphatic imine (C=N–C) groups is 1. The summed E-state index contributed by atoms with van der Waals surface area (Å²) in [5, 5.41) is 10.9. The van der Waals surface area contributed by atoms with Crippen LogP contribution in [0.25, 0.3) is 0 Å². The number of hydrogen-bond acceptors (Lipinski definition) is 7. The molecule has 8 nitrogen and oxygen atoms in total. The third-order valence-corrected chi connectivity index (χ3v) is 5.22. The normalized spacial score (nSPS) is 21.6. The average molecular weight is 423 g/mol. The molecule has 0 aliphatic carbocycles. The van der Waals surface area contributed by atoms with Gasteiger partial charge in [-0.2, -0.15) is 4.99 Å². The first-order valence-electron chi connectivity index (χ1n) is 9.20. The fourth-order valence-corrected chi connectivity index (χ4v) is 3.72. The van der Waals surface area contributed by atoms with Crippen LogP contribution in [0.5, 0.6) is 5.75 Å². The van der Waals surface area contributed by atoms with E-state index in [9.17, 15) is 14.3 Å². The van der Waals surface area contributed by atoms with E-state index < -0.39 is 11.9 Å². The molecule has 0 aromatic heterocycles. The molecule has 1 unspecified atom stereocenters. The highest BCUT2D eigenvalue weighted by Gasteiger charge is 2.32. The third kappa shape index (κ3) is 3.68. The minimum absolute atomic E-state index is 0.0855. The van der Waals surface area contributed by atoms with Crippen molar-refractivity contribution in [2.45, 2.75) is 13.0 Å². The lowest BCUT2D eigenvalue weighted by Gasteiger charge is -2.23. The van der Waals surface area contributed by atoms with E-state index >= 15 is 0 Å². The maximum Gasteiger partial charge on any atom is 0.255 e. The lowest BCUT2D eigenvalue weighted by Crippen LogP contribution is -2.38. The molecule has 10 heteroatoms. The number of halogens is 2. The molecule has 3 aliphatic heterocycles. The number of aliphatic hydroxyl groups is 1. The quantitative estimate of drug-likeness (QED) is 0.755. The summed E-state index contributed by atoms with van der Waals surface area (Å²) < 4.78 is 25.8. The van der Waals surface area contributed by atoms with Crippen molar-refractivity contribution in [3.05, 3.63) is 52.2 Å². The topological polar surface area (TPSA) is 86.6 Å². The van der Waals surface area contributed by atoms with Crippen LogP contribution in [0.4, 0.5) is 4.39 Å². The van der Waals surface area contributed by atoms with Crippen LogP contribution >= 0.6 is 11.6 Å². The van der Waals surface area contributed by atoms with E-state index in [4.69, 9.17) is 21.1 Å². The van der Waals surface area contributed by atoms with Crippen molar-refractivity contribution < 1.29 is 23.8 Å². The number of hydrogen-bond donors (Lipinski definition) is 2. The number of β-amino-alcohol motifs (C(OH)–C–C–N with tert-alkyl or cyclic N) is 1. The molecule has 2 bridgehead atoms. The Morgan fingerprint density at radius 1 is 1.45 bits per heavy atom. The maximum absolute atomic E-state index is 14.1. The van der Waals surface area contributed by atoms with Gasteiger partial charge >= 0.3 is 0 Å². The molecule has 3 heterocycles. The van der Waals surface area contributed by atoms with Gasteiger partial charge in [0.05, 0.1) is 29.3 Å². The Balaban J connectivity index is 1.78. The molecule has 0 spiro atoms. The molecule has 1 aromatic rings. The van der Waals surface area contributed by atoms with Gasteiger partial charge in [0.2, 0.25) is 5.90 Å². The Morgan fingerprint density at radius 2 is 2.28 bits per heavy atom. The smallest absolute Gasteiger partial charge is 0.255 e. The van der Waals surface area contributed by atoms with Crippen LogP contribution in [0.1, 0.15) is 18.6 Å². The first-order chi connectivity index (χ1) is 14.0. The Hall–Kier alpha value is -2.62. The van der Waals surface area contributed by atoms with Gasteiger partial charge in [0, 0.05) is 25.4 Å². The molecule has 2 N–H and O–H groups in total. The molecule has 29 heavy (non-hydrogen) atoms. The summed E-state index contributed by atoms with van der Waals surface area (Å²) in [4.78, 5) is 19.0. The summed E-state index contributed by atoms with van der Waals surface area (Å²) >= 11 is 6.20. The Labute approximate surface area is 171 Å². The van der Waals surface area contributed by atoms with Gasteiger partial charge in [0.15, 0.2) is 5.82 Å². The van der Waals surface area contributed by atoms with Gasteiger partial charge in [0.1, 0.15) is 24.3 Å². The molecule has 4 rings (SSSR count). The Morgan fingerprint density at radius 3 is 3.07 bits per heavy atom. The van der Waals surface area contributed by atoms with Crippen LogP contribution in [0.3, 0.4) is 0 Å². The Bertz CT molecular complexity index is 933. The van der Waals surface area contributed by atoms with Crippen molar-refractivity contribution in [3.8, 4) is 5.75 Å². The van der Waals surface area contributed by atoms with Crippen LogP contribution in [-0.4, -0.2) is 59.7 Å². The van der Waals surface area contributed by atoms with E-state index in [1.165, 1.54) is 17.0 Å². The van der Waals surface area contributed by atoms with Crippen LogP contribution < -0.4 is 10.2 Å². The number of hydrazine groups is 1. The van der Waals surface area contributed by atoms with Gasteiger partial charge in [-0.25, -0.2) is 9.82 Å². The molecule has 1 aromatic carbocycles. The number of rotatable bonds is 2. The third-order valence-electron chi connectivity index (χ3n) is 4.84. The zero-order valence-corrected chi connectivity index (χ0v) is 16.4. The molecular weight excluding hydrogens is 403 g/mol. The molecule has 0 saturated heterocycles. The Kier molecular flexibility index (Phi) is 5.44. The largest absolute Gasteiger partial charge is 0.491 e. The van der Waals surface area contributed by atoms with Gasteiger partial charge in [-0.05, 0) is 19.1 Å². The second-order valence-electron chi connectivity index (χ2n) is 6.67. The zero-order chi connectivity index (χ0) is 20.5. The highest BCUT2D eigenvalue weighted by molar-refractivity contribution is 6.31. The van der Waals surface area contributed by atoms with E-state index in [1.807, 2.05) is 0 Å². The van der Waals surface area contributed by atoms with Gasteiger partial charge in [-0.3, -0.25) is 9.80 Å². The standard InChI is InChI=1S/C19H20ClFN4O4/c1-11-16-14(3-2-13(21)17(16)20)28-9-7-24(6-8-26)19(27)12-10-22-25-5-4-15(29-11)23-18(12)25/h2-5,11,22,26H,6-10H2,1H3. The number of nitrogens with zero attached hydrogens (tertiary/aromatic N) is 3. The first kappa shape index (κ1) is 19.7. The SMILES string of the molecule is CC1OC2=NC3=C(CNN3C=C2)C(=O)N(CCO)CCOc2ccc(F)c(Cl)c21. The predicted octanol–water partition coefficient (Wildman–Crippen LogP) is 1.73. The molecular formula is C19H20ClFN4O4. The number of benzene rings is 1. The number of amides is 1. The van der Waals surface area contributed by atoms with Crippen LogP contribution in [0, 0.1) is 5.82 Å². The minimum Gasteiger partial charge on any atom is -0.491 e. The number of ether oxygens (including phenoxy) is 2. The van der Waals surface area contributed by atoms with E-state index in [2.05, 4.69) is 10.4 Å². The summed E-state index contributed by atoms with van der Waals surface area (Å²) in [6.07, 6.45) is 2.69. The summed E-state index contributed by atoms with van der Waals surface area (Å²) in [6, 6.07) is 2.71. The minimum atomic E-state index is -0.647. The number of aliphatic hydroxyl groups excluding tert-OH is 1. The summed E-state index contributed by atoms with van der Waals surface area (Å²) in [6.45, 7) is 2.35. The molecule has 3 aliphatic rings. The van der Waals surface area contributed by atoms with E-state index in [1.54, 1.807) is 24.2 Å². The van der Waals surface area contributed by atoms with Crippen LogP contribution in [0.15, 0.2) is 40.8 Å². The predicted molar refractivity (Wildman–Crippen MR) is 104 cm³/mol. The number of nitrogens with one attached hydrogen (secondary N) is 1. The van der Waals surface area contributed by atoms with E-state index in [0.717, 1.165) is 0 Å². The van der Waals surface area contributed by atoms with E-state index in [0.29, 0.717) is 29.3 Å². The highest BCUT2D eigenvalue weighted by atomic mass is 35.5. The molecule has 0 fully saturated rings. The van der Waals surface area contributed by atoms with Gasteiger partial charge in [-0.1, -0.05) is 11.6 Å². The van der Waals surface area contributed by atoms with Crippen LogP contribution in [0.2, 0.25) is 5.02 Å². The van der Waals surface area contributed by atoms with Gasteiger partial charge in [-0.15, -0.1) is 0 Å². The van der Waals surface area contributed by atoms with Crippen molar-refractivity contribution in [2.24, 2.45) is 4.99 Å². The maximum atomic E-state index is 14.1. The summed E-state index contributed by atoms with van der Waals surface area (Å²) in [7, 11) is 0. The van der Waals surface area contributed by atoms with Gasteiger partial charge in [0.25, 0.3) is 5.91 Å². The molecule has 154 valence electrons. The molecule has 1 amide bonds. The van der Waals surface area contributed by atoms with Crippen molar-refractivity contribution in [1.82, 2.24) is 15.3 Å². The lowest BCUT2D eigenvalue weighted by atomic mass is 10.1. The van der Waals surface area contributed by atoms with Crippen LogP contribution in [-0.2, 0) is 9.53 Å². The van der Waals surface area contributed by atoms with Crippen molar-refractivity contribution in [2.75, 3.05) is 32.8 Å². The van der Waals surface area contributed by atoms with Crippen molar-refractivity contribution in [3.63, 3.8) is 0 Å². The highest BCUT2D eigenvalue weighted by Crippen LogP contribution is 2.37. The molecule has 0 saturated carbocycles. The fourth-order valence-electron chi connectivity index (χ4n) is 3.41. The van der Waals surface area contributed by atoms with Gasteiger partial charge < -0.3 is 19.5 Å². The number of fused-ring (bicyclic) bond motifs is 1. The summed E-state index contributed by atoms with van der Waals surface area (Å²) in [5.41, 5.74) is 3.88. The monoisotopic (exact) mass is 422 g/mol. The zero-order valence-electron chi connectivity index (χ0n) is 15.7. The summed E-state index contributed by atoms with van der Waals surface area (Å²) in [5.74, 6) is 0.216.